The lowest BCUT2D eigenvalue weighted by Crippen LogP contribution is -2.13. The number of carboxylic acids is 1. The second-order valence-electron chi connectivity index (χ2n) is 6.80. The minimum Gasteiger partial charge on any atom is -0.493 e. The van der Waals surface area contributed by atoms with E-state index in [4.69, 9.17) is 14.6 Å². The first-order chi connectivity index (χ1) is 16.3. The number of methoxy groups -OCH3 is 1. The van der Waals surface area contributed by atoms with Crippen molar-refractivity contribution in [3.8, 4) is 17.6 Å². The van der Waals surface area contributed by atoms with Crippen LogP contribution in [0, 0.1) is 11.3 Å². The van der Waals surface area contributed by atoms with Gasteiger partial charge in [-0.15, -0.1) is 0 Å². The second kappa shape index (κ2) is 10.9. The van der Waals surface area contributed by atoms with E-state index in [1.54, 1.807) is 36.4 Å². The number of carboxylic acid groups (broad SMARTS) is 1. The van der Waals surface area contributed by atoms with Crippen molar-refractivity contribution in [1.82, 2.24) is 0 Å². The molecule has 0 aliphatic carbocycles. The van der Waals surface area contributed by atoms with Crippen LogP contribution in [0.4, 0.5) is 5.69 Å². The summed E-state index contributed by atoms with van der Waals surface area (Å²) in [6, 6.07) is 18.9. The fraction of sp³-hybridized carbons (Fsp3) is 0.0400. The van der Waals surface area contributed by atoms with Crippen molar-refractivity contribution in [2.24, 2.45) is 0 Å². The van der Waals surface area contributed by atoms with Crippen LogP contribution in [0.1, 0.15) is 26.3 Å². The number of nitrogens with one attached hydrogen (secondary N) is 1. The molecule has 0 unspecified atom stereocenters. The number of halogens is 1. The van der Waals surface area contributed by atoms with E-state index < -0.39 is 17.8 Å². The summed E-state index contributed by atoms with van der Waals surface area (Å²) in [4.78, 5) is 35.9. The number of carbonyl (C=O) groups excluding carboxylic acids is 2. The van der Waals surface area contributed by atoms with E-state index in [1.807, 2.05) is 6.07 Å². The van der Waals surface area contributed by atoms with E-state index in [1.165, 1.54) is 43.5 Å². The fourth-order valence-corrected chi connectivity index (χ4v) is 3.40. The van der Waals surface area contributed by atoms with E-state index in [9.17, 15) is 19.6 Å². The Labute approximate surface area is 203 Å². The molecule has 170 valence electrons. The molecule has 0 bridgehead atoms. The Morgan fingerprint density at radius 3 is 2.29 bits per heavy atom. The van der Waals surface area contributed by atoms with Crippen LogP contribution < -0.4 is 14.8 Å². The smallest absolute Gasteiger partial charge is 0.343 e. The maximum absolute atomic E-state index is 12.5. The quantitative estimate of drug-likeness (QED) is 0.196. The summed E-state index contributed by atoms with van der Waals surface area (Å²) in [5.41, 5.74) is 0.999. The standard InChI is InChI=1S/C25H17BrN2O6/c1-33-21-13-15(12-20(26)22(21)34-25(32)17-5-3-2-4-6-17)11-18(14-27)23(29)28-19-9-7-16(8-10-19)24(30)31/h2-13H,1H3,(H,28,29)(H,30,31)/b18-11+. The van der Waals surface area contributed by atoms with E-state index in [0.717, 1.165) is 0 Å². The van der Waals surface area contributed by atoms with Crippen LogP contribution in [0.15, 0.2) is 76.8 Å². The van der Waals surface area contributed by atoms with Crippen LogP contribution >= 0.6 is 15.9 Å². The summed E-state index contributed by atoms with van der Waals surface area (Å²) in [6.45, 7) is 0. The molecule has 8 nitrogen and oxygen atoms in total. The average molecular weight is 521 g/mol. The third-order valence-electron chi connectivity index (χ3n) is 4.52. The van der Waals surface area contributed by atoms with Gasteiger partial charge in [-0.2, -0.15) is 5.26 Å². The number of benzene rings is 3. The third-order valence-corrected chi connectivity index (χ3v) is 5.11. The number of carbonyl (C=O) groups is 3. The Morgan fingerprint density at radius 2 is 1.71 bits per heavy atom. The molecule has 0 atom stereocenters. The molecule has 0 spiro atoms. The number of hydrogen-bond donors (Lipinski definition) is 2. The number of ether oxygens (including phenoxy) is 2. The lowest BCUT2D eigenvalue weighted by atomic mass is 10.1. The Kier molecular flexibility index (Phi) is 7.79. The highest BCUT2D eigenvalue weighted by molar-refractivity contribution is 9.10. The van der Waals surface area contributed by atoms with E-state index >= 15 is 0 Å². The zero-order chi connectivity index (χ0) is 24.7. The van der Waals surface area contributed by atoms with Gasteiger partial charge in [0.05, 0.1) is 22.7 Å². The Bertz CT molecular complexity index is 1310. The number of nitrogens with zero attached hydrogens (tertiary/aromatic N) is 1. The van der Waals surface area contributed by atoms with Gasteiger partial charge in [-0.05, 0) is 76.1 Å². The van der Waals surface area contributed by atoms with Crippen LogP contribution in [-0.4, -0.2) is 30.1 Å². The van der Waals surface area contributed by atoms with Crippen molar-refractivity contribution in [3.63, 3.8) is 0 Å². The fourth-order valence-electron chi connectivity index (χ4n) is 2.86. The minimum atomic E-state index is -1.09. The number of esters is 1. The molecule has 1 amide bonds. The predicted molar refractivity (Wildman–Crippen MR) is 128 cm³/mol. The molecule has 0 aliphatic heterocycles. The zero-order valence-electron chi connectivity index (χ0n) is 17.7. The molecule has 2 N–H and O–H groups in total. The first-order valence-corrected chi connectivity index (χ1v) is 10.5. The highest BCUT2D eigenvalue weighted by Gasteiger charge is 2.18. The van der Waals surface area contributed by atoms with Crippen molar-refractivity contribution in [2.75, 3.05) is 12.4 Å². The number of amides is 1. The van der Waals surface area contributed by atoms with Gasteiger partial charge < -0.3 is 19.9 Å². The molecule has 3 aromatic carbocycles. The maximum atomic E-state index is 12.5. The van der Waals surface area contributed by atoms with Crippen molar-refractivity contribution >= 4 is 45.5 Å². The maximum Gasteiger partial charge on any atom is 0.343 e. The second-order valence-corrected chi connectivity index (χ2v) is 7.65. The van der Waals surface area contributed by atoms with Gasteiger partial charge in [-0.1, -0.05) is 18.2 Å². The summed E-state index contributed by atoms with van der Waals surface area (Å²) in [6.07, 6.45) is 1.34. The summed E-state index contributed by atoms with van der Waals surface area (Å²) in [5.74, 6) is -1.98. The highest BCUT2D eigenvalue weighted by Crippen LogP contribution is 2.37. The lowest BCUT2D eigenvalue weighted by molar-refractivity contribution is -0.112. The molecule has 3 rings (SSSR count). The number of nitriles is 1. The topological polar surface area (TPSA) is 126 Å². The Balaban J connectivity index is 1.83. The van der Waals surface area contributed by atoms with Crippen LogP contribution in [-0.2, 0) is 4.79 Å². The summed E-state index contributed by atoms with van der Waals surface area (Å²) in [5, 5.41) is 21.0. The highest BCUT2D eigenvalue weighted by atomic mass is 79.9. The van der Waals surface area contributed by atoms with Crippen LogP contribution in [0.5, 0.6) is 11.5 Å². The largest absolute Gasteiger partial charge is 0.493 e. The lowest BCUT2D eigenvalue weighted by Gasteiger charge is -2.12. The van der Waals surface area contributed by atoms with E-state index in [0.29, 0.717) is 21.3 Å². The van der Waals surface area contributed by atoms with Gasteiger partial charge in [0.2, 0.25) is 0 Å². The van der Waals surface area contributed by atoms with Gasteiger partial charge in [-0.25, -0.2) is 9.59 Å². The third kappa shape index (κ3) is 5.88. The van der Waals surface area contributed by atoms with Gasteiger partial charge in [0.1, 0.15) is 11.6 Å². The molecule has 0 heterocycles. The molecule has 0 saturated heterocycles. The average Bonchev–Trinajstić information content (AvgIpc) is 2.84. The first-order valence-electron chi connectivity index (χ1n) is 9.73. The molecule has 0 saturated carbocycles. The summed E-state index contributed by atoms with van der Waals surface area (Å²) in [7, 11) is 1.40. The number of rotatable bonds is 7. The van der Waals surface area contributed by atoms with Crippen LogP contribution in [0.3, 0.4) is 0 Å². The molecule has 0 radical (unpaired) electrons. The summed E-state index contributed by atoms with van der Waals surface area (Å²) >= 11 is 3.34. The van der Waals surface area contributed by atoms with Crippen molar-refractivity contribution in [2.45, 2.75) is 0 Å². The Hall–Kier alpha value is -4.42. The minimum absolute atomic E-state index is 0.0686. The summed E-state index contributed by atoms with van der Waals surface area (Å²) < 4.78 is 11.2. The van der Waals surface area contributed by atoms with Gasteiger partial charge in [-0.3, -0.25) is 4.79 Å². The van der Waals surface area contributed by atoms with Gasteiger partial charge in [0.15, 0.2) is 11.5 Å². The van der Waals surface area contributed by atoms with Crippen LogP contribution in [0.2, 0.25) is 0 Å². The van der Waals surface area contributed by atoms with Gasteiger partial charge >= 0.3 is 11.9 Å². The van der Waals surface area contributed by atoms with Crippen molar-refractivity contribution < 1.29 is 29.0 Å². The number of hydrogen-bond acceptors (Lipinski definition) is 6. The molecular formula is C25H17BrN2O6. The van der Waals surface area contributed by atoms with E-state index in [-0.39, 0.29) is 22.6 Å². The monoisotopic (exact) mass is 520 g/mol. The number of aromatic carboxylic acids is 1. The van der Waals surface area contributed by atoms with E-state index in [2.05, 4.69) is 21.2 Å². The number of anilines is 1. The van der Waals surface area contributed by atoms with Crippen molar-refractivity contribution in [1.29, 1.82) is 5.26 Å². The SMILES string of the molecule is COc1cc(/C=C(\C#N)C(=O)Nc2ccc(C(=O)O)cc2)cc(Br)c1OC(=O)c1ccccc1. The van der Waals surface area contributed by atoms with Crippen LogP contribution in [0.25, 0.3) is 6.08 Å². The molecule has 0 fully saturated rings. The molecule has 0 aliphatic rings. The molecular weight excluding hydrogens is 504 g/mol. The normalized spacial score (nSPS) is 10.7. The Morgan fingerprint density at radius 1 is 1.03 bits per heavy atom. The molecule has 9 heteroatoms. The predicted octanol–water partition coefficient (Wildman–Crippen LogP) is 4.92. The van der Waals surface area contributed by atoms with Crippen molar-refractivity contribution in [3.05, 3.63) is 93.5 Å². The zero-order valence-corrected chi connectivity index (χ0v) is 19.3. The molecule has 0 aromatic heterocycles. The van der Waals surface area contributed by atoms with Gasteiger partial charge in [0, 0.05) is 5.69 Å². The molecule has 3 aromatic rings. The molecule has 34 heavy (non-hydrogen) atoms. The van der Waals surface area contributed by atoms with Gasteiger partial charge in [0.25, 0.3) is 5.91 Å². The first kappa shape index (κ1) is 24.2.